The van der Waals surface area contributed by atoms with Crippen LogP contribution in [0.25, 0.3) is 0 Å². The third-order valence-electron chi connectivity index (χ3n) is 1.77. The SMILES string of the molecule is CN(C)CC(Cl)c1ccccc1Cl. The molecule has 0 saturated carbocycles. The Bertz CT molecular complexity index is 273. The summed E-state index contributed by atoms with van der Waals surface area (Å²) in [6, 6.07) is 7.68. The van der Waals surface area contributed by atoms with E-state index in [1.807, 2.05) is 43.3 Å². The van der Waals surface area contributed by atoms with Gasteiger partial charge in [0.2, 0.25) is 0 Å². The predicted octanol–water partition coefficient (Wildman–Crippen LogP) is 3.18. The molecule has 0 radical (unpaired) electrons. The molecule has 72 valence electrons. The molecule has 0 amide bonds. The number of halogens is 2. The van der Waals surface area contributed by atoms with Crippen LogP contribution in [-0.2, 0) is 0 Å². The van der Waals surface area contributed by atoms with Gasteiger partial charge >= 0.3 is 0 Å². The Balaban J connectivity index is 2.76. The molecule has 0 aliphatic rings. The molecule has 0 heterocycles. The first-order valence-corrected chi connectivity index (χ1v) is 4.96. The van der Waals surface area contributed by atoms with Gasteiger partial charge in [0.15, 0.2) is 0 Å². The van der Waals surface area contributed by atoms with E-state index in [2.05, 4.69) is 0 Å². The number of benzene rings is 1. The topological polar surface area (TPSA) is 3.24 Å². The molecule has 1 unspecified atom stereocenters. The van der Waals surface area contributed by atoms with Gasteiger partial charge in [0, 0.05) is 11.6 Å². The van der Waals surface area contributed by atoms with E-state index in [0.717, 1.165) is 17.1 Å². The number of rotatable bonds is 3. The van der Waals surface area contributed by atoms with Gasteiger partial charge in [0.05, 0.1) is 5.38 Å². The summed E-state index contributed by atoms with van der Waals surface area (Å²) in [7, 11) is 3.98. The van der Waals surface area contributed by atoms with E-state index in [1.165, 1.54) is 0 Å². The van der Waals surface area contributed by atoms with E-state index >= 15 is 0 Å². The lowest BCUT2D eigenvalue weighted by molar-refractivity contribution is 0.408. The van der Waals surface area contributed by atoms with Crippen LogP contribution in [0.4, 0.5) is 0 Å². The summed E-state index contributed by atoms with van der Waals surface area (Å²) in [5, 5.41) is 0.702. The zero-order valence-corrected chi connectivity index (χ0v) is 9.31. The fourth-order valence-corrected chi connectivity index (χ4v) is 1.94. The second-order valence-corrected chi connectivity index (χ2v) is 4.19. The van der Waals surface area contributed by atoms with Crippen LogP contribution in [0.2, 0.25) is 5.02 Å². The van der Waals surface area contributed by atoms with Crippen LogP contribution >= 0.6 is 23.2 Å². The summed E-state index contributed by atoms with van der Waals surface area (Å²) in [6.45, 7) is 0.797. The predicted molar refractivity (Wildman–Crippen MR) is 58.6 cm³/mol. The van der Waals surface area contributed by atoms with Gasteiger partial charge in [-0.15, -0.1) is 11.6 Å². The van der Waals surface area contributed by atoms with Gasteiger partial charge in [0.1, 0.15) is 0 Å². The summed E-state index contributed by atoms with van der Waals surface area (Å²) in [4.78, 5) is 2.04. The number of hydrogen-bond acceptors (Lipinski definition) is 1. The molecule has 1 aromatic rings. The van der Waals surface area contributed by atoms with Crippen molar-refractivity contribution in [2.45, 2.75) is 5.38 Å². The van der Waals surface area contributed by atoms with Crippen molar-refractivity contribution in [3.63, 3.8) is 0 Å². The molecule has 1 aromatic carbocycles. The molecule has 13 heavy (non-hydrogen) atoms. The molecule has 0 spiro atoms. The quantitative estimate of drug-likeness (QED) is 0.704. The summed E-state index contributed by atoms with van der Waals surface area (Å²) in [5.41, 5.74) is 1.000. The first-order chi connectivity index (χ1) is 6.11. The normalized spacial score (nSPS) is 13.3. The second kappa shape index (κ2) is 4.85. The van der Waals surface area contributed by atoms with Gasteiger partial charge in [-0.25, -0.2) is 0 Å². The molecule has 0 saturated heterocycles. The number of nitrogens with zero attached hydrogens (tertiary/aromatic N) is 1. The molecular formula is C10H13Cl2N. The van der Waals surface area contributed by atoms with Crippen LogP contribution in [-0.4, -0.2) is 25.5 Å². The van der Waals surface area contributed by atoms with Crippen molar-refractivity contribution in [3.8, 4) is 0 Å². The molecule has 1 nitrogen and oxygen atoms in total. The highest BCUT2D eigenvalue weighted by Gasteiger charge is 2.11. The standard InChI is InChI=1S/C10H13Cl2N/c1-13(2)7-10(12)8-5-3-4-6-9(8)11/h3-6,10H,7H2,1-2H3. The smallest absolute Gasteiger partial charge is 0.0726 e. The Kier molecular flexibility index (Phi) is 4.04. The maximum atomic E-state index is 6.18. The van der Waals surface area contributed by atoms with Crippen LogP contribution in [0, 0.1) is 0 Å². The van der Waals surface area contributed by atoms with Crippen molar-refractivity contribution in [1.29, 1.82) is 0 Å². The van der Waals surface area contributed by atoms with Crippen molar-refractivity contribution >= 4 is 23.2 Å². The molecule has 1 atom stereocenters. The van der Waals surface area contributed by atoms with E-state index in [9.17, 15) is 0 Å². The third-order valence-corrected chi connectivity index (χ3v) is 2.49. The average Bonchev–Trinajstić information content (AvgIpc) is 2.03. The van der Waals surface area contributed by atoms with Crippen molar-refractivity contribution in [2.24, 2.45) is 0 Å². The highest BCUT2D eigenvalue weighted by molar-refractivity contribution is 6.32. The fourth-order valence-electron chi connectivity index (χ4n) is 1.15. The Morgan fingerprint density at radius 2 is 1.92 bits per heavy atom. The number of likely N-dealkylation sites (N-methyl/N-ethyl adjacent to an activating group) is 1. The van der Waals surface area contributed by atoms with E-state index in [0.29, 0.717) is 0 Å². The lowest BCUT2D eigenvalue weighted by Crippen LogP contribution is -2.17. The van der Waals surface area contributed by atoms with Crippen molar-refractivity contribution in [1.82, 2.24) is 4.90 Å². The molecule has 3 heteroatoms. The van der Waals surface area contributed by atoms with Crippen LogP contribution < -0.4 is 0 Å². The van der Waals surface area contributed by atoms with Gasteiger partial charge < -0.3 is 4.90 Å². The molecule has 0 N–H and O–H groups in total. The Labute approximate surface area is 89.3 Å². The maximum Gasteiger partial charge on any atom is 0.0726 e. The zero-order chi connectivity index (χ0) is 9.84. The van der Waals surface area contributed by atoms with Crippen LogP contribution in [0.5, 0.6) is 0 Å². The molecule has 0 fully saturated rings. The van der Waals surface area contributed by atoms with Gasteiger partial charge in [-0.1, -0.05) is 29.8 Å². The lowest BCUT2D eigenvalue weighted by atomic mass is 10.1. The molecular weight excluding hydrogens is 205 g/mol. The Morgan fingerprint density at radius 1 is 1.31 bits per heavy atom. The summed E-state index contributed by atoms with van der Waals surface area (Å²) >= 11 is 12.2. The minimum absolute atomic E-state index is 0.0382. The molecule has 0 bridgehead atoms. The summed E-state index contributed by atoms with van der Waals surface area (Å²) < 4.78 is 0. The fraction of sp³-hybridized carbons (Fsp3) is 0.400. The van der Waals surface area contributed by atoms with Gasteiger partial charge in [-0.05, 0) is 25.7 Å². The summed E-state index contributed by atoms with van der Waals surface area (Å²) in [6.07, 6.45) is 0. The van der Waals surface area contributed by atoms with Crippen LogP contribution in [0.3, 0.4) is 0 Å². The second-order valence-electron chi connectivity index (χ2n) is 3.25. The van der Waals surface area contributed by atoms with Crippen LogP contribution in [0.15, 0.2) is 24.3 Å². The largest absolute Gasteiger partial charge is 0.308 e. The number of alkyl halides is 1. The number of hydrogen-bond donors (Lipinski definition) is 0. The van der Waals surface area contributed by atoms with E-state index in [1.54, 1.807) is 0 Å². The minimum atomic E-state index is -0.0382. The monoisotopic (exact) mass is 217 g/mol. The highest BCUT2D eigenvalue weighted by Crippen LogP contribution is 2.27. The minimum Gasteiger partial charge on any atom is -0.308 e. The molecule has 0 aliphatic heterocycles. The van der Waals surface area contributed by atoms with Gasteiger partial charge in [-0.2, -0.15) is 0 Å². The first kappa shape index (κ1) is 10.8. The molecule has 1 rings (SSSR count). The van der Waals surface area contributed by atoms with Crippen molar-refractivity contribution in [3.05, 3.63) is 34.9 Å². The molecule has 0 aliphatic carbocycles. The maximum absolute atomic E-state index is 6.18. The third kappa shape index (κ3) is 3.18. The lowest BCUT2D eigenvalue weighted by Gasteiger charge is -2.16. The van der Waals surface area contributed by atoms with Crippen molar-refractivity contribution < 1.29 is 0 Å². The van der Waals surface area contributed by atoms with E-state index in [-0.39, 0.29) is 5.38 Å². The van der Waals surface area contributed by atoms with Gasteiger partial charge in [-0.3, -0.25) is 0 Å². The van der Waals surface area contributed by atoms with E-state index < -0.39 is 0 Å². The first-order valence-electron chi connectivity index (χ1n) is 4.14. The Hall–Kier alpha value is -0.240. The summed E-state index contributed by atoms with van der Waals surface area (Å²) in [5.74, 6) is 0. The zero-order valence-electron chi connectivity index (χ0n) is 7.80. The highest BCUT2D eigenvalue weighted by atomic mass is 35.5. The van der Waals surface area contributed by atoms with Gasteiger partial charge in [0.25, 0.3) is 0 Å². The van der Waals surface area contributed by atoms with Crippen molar-refractivity contribution in [2.75, 3.05) is 20.6 Å². The Morgan fingerprint density at radius 3 is 2.46 bits per heavy atom. The van der Waals surface area contributed by atoms with E-state index in [4.69, 9.17) is 23.2 Å². The average molecular weight is 218 g/mol. The molecule has 0 aromatic heterocycles. The van der Waals surface area contributed by atoms with Crippen LogP contribution in [0.1, 0.15) is 10.9 Å².